The first-order valence-corrected chi connectivity index (χ1v) is 9.99. The predicted molar refractivity (Wildman–Crippen MR) is 101 cm³/mol. The van der Waals surface area contributed by atoms with Gasteiger partial charge in [-0.15, -0.1) is 0 Å². The second-order valence-electron chi connectivity index (χ2n) is 9.34. The highest BCUT2D eigenvalue weighted by Crippen LogP contribution is 2.67. The highest BCUT2D eigenvalue weighted by Gasteiger charge is 2.61. The average molecular weight is 361 g/mol. The average Bonchev–Trinajstić information content (AvgIpc) is 2.79. The van der Waals surface area contributed by atoms with Gasteiger partial charge < -0.3 is 10.2 Å². The Bertz CT molecular complexity index is 708. The number of carbonyl (C=O) groups is 1. The van der Waals surface area contributed by atoms with Crippen molar-refractivity contribution in [3.05, 3.63) is 23.5 Å². The molecule has 4 rings (SSSR count). The number of hydrogen-bond acceptors (Lipinski definition) is 3. The summed E-state index contributed by atoms with van der Waals surface area (Å²) in [5, 5.41) is 20.4. The van der Waals surface area contributed by atoms with E-state index in [0.29, 0.717) is 23.7 Å². The molecule has 7 atom stereocenters. The minimum atomic E-state index is -0.244. The molecule has 0 aromatic carbocycles. The molecule has 0 aromatic rings. The third kappa shape index (κ3) is 2.22. The molecule has 0 aromatic heterocycles. The summed E-state index contributed by atoms with van der Waals surface area (Å²) in [6, 6.07) is 0. The maximum Gasteiger partial charge on any atom is 0.219 e. The monoisotopic (exact) mass is 360 g/mol. The number of allylic oxidation sites excluding steroid dienone is 3. The second-order valence-corrected chi connectivity index (χ2v) is 9.75. The van der Waals surface area contributed by atoms with Gasteiger partial charge in [-0.3, -0.25) is 4.79 Å². The molecular weight excluding hydrogens is 332 g/mol. The largest absolute Gasteiger partial charge is 0.504 e. The normalized spacial score (nSPS) is 48.8. The summed E-state index contributed by atoms with van der Waals surface area (Å²) in [6.07, 6.45) is 8.79. The fraction of sp³-hybridized carbons (Fsp3) is 0.714. The maximum atomic E-state index is 11.9. The number of rotatable bonds is 1. The van der Waals surface area contributed by atoms with Crippen LogP contribution in [-0.2, 0) is 4.79 Å². The van der Waals surface area contributed by atoms with E-state index in [4.69, 9.17) is 12.2 Å². The Kier molecular flexibility index (Phi) is 3.74. The lowest BCUT2D eigenvalue weighted by Crippen LogP contribution is -2.50. The first-order valence-electron chi connectivity index (χ1n) is 9.58. The summed E-state index contributed by atoms with van der Waals surface area (Å²) in [6.45, 7) is 6.76. The summed E-state index contributed by atoms with van der Waals surface area (Å²) < 4.78 is 0. The zero-order valence-corrected chi connectivity index (χ0v) is 16.1. The van der Waals surface area contributed by atoms with E-state index in [9.17, 15) is 15.0 Å². The quantitative estimate of drug-likeness (QED) is 0.651. The molecule has 4 aliphatic rings. The third-order valence-electron chi connectivity index (χ3n) is 8.25. The van der Waals surface area contributed by atoms with E-state index in [0.717, 1.165) is 32.1 Å². The fourth-order valence-electron chi connectivity index (χ4n) is 7.17. The number of aliphatic hydroxyl groups is 2. The molecule has 3 nitrogen and oxygen atoms in total. The van der Waals surface area contributed by atoms with E-state index in [1.165, 1.54) is 5.57 Å². The van der Waals surface area contributed by atoms with Crippen molar-refractivity contribution in [3.8, 4) is 0 Å². The SMILES string of the molecule is C[C@@H]1C[C@H]2[C@@H]3CCC4=CC(=O)C(O)=C[C@]4(C)[C@H]3CC[C@]2(C)C1C(O)=S. The summed E-state index contributed by atoms with van der Waals surface area (Å²) >= 11 is 5.23. The van der Waals surface area contributed by atoms with Gasteiger partial charge in [-0.2, -0.15) is 0 Å². The van der Waals surface area contributed by atoms with Crippen LogP contribution in [0.1, 0.15) is 52.9 Å². The van der Waals surface area contributed by atoms with E-state index >= 15 is 0 Å². The molecule has 0 amide bonds. The Morgan fingerprint density at radius 3 is 2.68 bits per heavy atom. The van der Waals surface area contributed by atoms with Crippen LogP contribution in [0.3, 0.4) is 0 Å². The van der Waals surface area contributed by atoms with Gasteiger partial charge in [0.1, 0.15) is 0 Å². The van der Waals surface area contributed by atoms with Gasteiger partial charge in [-0.05, 0) is 85.6 Å². The summed E-state index contributed by atoms with van der Waals surface area (Å²) in [4.78, 5) is 11.9. The maximum absolute atomic E-state index is 11.9. The van der Waals surface area contributed by atoms with Crippen molar-refractivity contribution in [1.29, 1.82) is 0 Å². The second kappa shape index (κ2) is 5.42. The summed E-state index contributed by atoms with van der Waals surface area (Å²) in [7, 11) is 0. The van der Waals surface area contributed by atoms with Gasteiger partial charge in [0, 0.05) is 11.3 Å². The van der Waals surface area contributed by atoms with Gasteiger partial charge in [-0.25, -0.2) is 0 Å². The minimum Gasteiger partial charge on any atom is -0.504 e. The Labute approximate surface area is 155 Å². The smallest absolute Gasteiger partial charge is 0.219 e. The van der Waals surface area contributed by atoms with E-state index in [-0.39, 0.29) is 33.3 Å². The van der Waals surface area contributed by atoms with Crippen molar-refractivity contribution in [1.82, 2.24) is 0 Å². The molecule has 4 heteroatoms. The molecule has 0 spiro atoms. The number of fused-ring (bicyclic) bond motifs is 5. The molecule has 2 N–H and O–H groups in total. The van der Waals surface area contributed by atoms with Crippen LogP contribution in [-0.4, -0.2) is 21.0 Å². The fourth-order valence-corrected chi connectivity index (χ4v) is 7.67. The lowest BCUT2D eigenvalue weighted by Gasteiger charge is -2.56. The van der Waals surface area contributed by atoms with Gasteiger partial charge >= 0.3 is 0 Å². The Morgan fingerprint density at radius 2 is 2.00 bits per heavy atom. The van der Waals surface area contributed by atoms with Crippen molar-refractivity contribution in [3.63, 3.8) is 0 Å². The lowest BCUT2D eigenvalue weighted by atomic mass is 9.47. The van der Waals surface area contributed by atoms with Crippen molar-refractivity contribution in [2.45, 2.75) is 52.9 Å². The van der Waals surface area contributed by atoms with Crippen LogP contribution in [0.15, 0.2) is 23.5 Å². The number of carbonyl (C=O) groups excluding carboxylic acids is 1. The lowest BCUT2D eigenvalue weighted by molar-refractivity contribution is -0.114. The molecule has 25 heavy (non-hydrogen) atoms. The summed E-state index contributed by atoms with van der Waals surface area (Å²) in [5.74, 6) is 1.80. The van der Waals surface area contributed by atoms with Gasteiger partial charge in [0.05, 0.1) is 0 Å². The molecule has 3 fully saturated rings. The van der Waals surface area contributed by atoms with Crippen LogP contribution in [0.5, 0.6) is 0 Å². The van der Waals surface area contributed by atoms with Crippen LogP contribution < -0.4 is 0 Å². The third-order valence-corrected chi connectivity index (χ3v) is 8.50. The number of ketones is 1. The molecule has 0 radical (unpaired) electrons. The van der Waals surface area contributed by atoms with Crippen molar-refractivity contribution in [2.75, 3.05) is 0 Å². The molecular formula is C21H28O3S. The van der Waals surface area contributed by atoms with Gasteiger partial charge in [0.15, 0.2) is 10.8 Å². The van der Waals surface area contributed by atoms with Crippen LogP contribution in [0, 0.1) is 40.4 Å². The van der Waals surface area contributed by atoms with E-state index in [1.54, 1.807) is 6.08 Å². The van der Waals surface area contributed by atoms with Crippen LogP contribution >= 0.6 is 12.2 Å². The number of aliphatic hydroxyl groups excluding tert-OH is 2. The van der Waals surface area contributed by atoms with Crippen LogP contribution in [0.4, 0.5) is 0 Å². The first-order chi connectivity index (χ1) is 11.7. The molecule has 0 bridgehead atoms. The Morgan fingerprint density at radius 1 is 1.28 bits per heavy atom. The van der Waals surface area contributed by atoms with Crippen LogP contribution in [0.25, 0.3) is 0 Å². The molecule has 0 heterocycles. The highest BCUT2D eigenvalue weighted by molar-refractivity contribution is 7.80. The van der Waals surface area contributed by atoms with Gasteiger partial charge in [0.25, 0.3) is 0 Å². The molecule has 136 valence electrons. The van der Waals surface area contributed by atoms with Crippen LogP contribution in [0.2, 0.25) is 0 Å². The van der Waals surface area contributed by atoms with Crippen molar-refractivity contribution in [2.24, 2.45) is 40.4 Å². The Balaban J connectivity index is 1.72. The topological polar surface area (TPSA) is 57.5 Å². The van der Waals surface area contributed by atoms with E-state index in [2.05, 4.69) is 20.8 Å². The number of thiocarbonyl (C=S) groups is 1. The standard InChI is InChI=1S/C21H28O3S/c1-11-8-15-13-5-4-12-9-16(22)17(23)10-21(12,3)14(13)6-7-20(15,2)18(11)19(24)25/h9-11,13-15,18,23H,4-8H2,1-3H3,(H,24,25)/t11-,13-,14+,15+,18?,20+,21+/m1/s1. The predicted octanol–water partition coefficient (Wildman–Crippen LogP) is 4.93. The molecule has 0 aliphatic heterocycles. The van der Waals surface area contributed by atoms with Gasteiger partial charge in [0.2, 0.25) is 5.78 Å². The number of hydrogen-bond donors (Lipinski definition) is 2. The van der Waals surface area contributed by atoms with E-state index < -0.39 is 0 Å². The first kappa shape index (κ1) is 17.3. The molecule has 0 saturated heterocycles. The zero-order chi connectivity index (χ0) is 18.1. The van der Waals surface area contributed by atoms with E-state index in [1.807, 2.05) is 6.08 Å². The van der Waals surface area contributed by atoms with Gasteiger partial charge in [-0.1, -0.05) is 26.3 Å². The zero-order valence-electron chi connectivity index (χ0n) is 15.3. The van der Waals surface area contributed by atoms with Crippen molar-refractivity contribution >= 4 is 23.1 Å². The Hall–Kier alpha value is -1.16. The molecule has 3 saturated carbocycles. The molecule has 4 aliphatic carbocycles. The van der Waals surface area contributed by atoms with Crippen molar-refractivity contribution < 1.29 is 15.0 Å². The highest BCUT2D eigenvalue weighted by atomic mass is 32.1. The summed E-state index contributed by atoms with van der Waals surface area (Å²) in [5.41, 5.74) is 1.07. The molecule has 1 unspecified atom stereocenters. The minimum absolute atomic E-state index is 0.0836.